The van der Waals surface area contributed by atoms with Crippen molar-refractivity contribution < 1.29 is 12.6 Å². The summed E-state index contributed by atoms with van der Waals surface area (Å²) in [6.07, 6.45) is 2.76. The van der Waals surface area contributed by atoms with Crippen LogP contribution >= 0.6 is 0 Å². The van der Waals surface area contributed by atoms with Crippen LogP contribution in [0.1, 0.15) is 0 Å². The Morgan fingerprint density at radius 2 is 2.40 bits per heavy atom. The highest BCUT2D eigenvalue weighted by Crippen LogP contribution is 1.99. The van der Waals surface area contributed by atoms with Crippen molar-refractivity contribution in [1.29, 1.82) is 0 Å². The van der Waals surface area contributed by atoms with Gasteiger partial charge in [0.2, 0.25) is 0 Å². The lowest BCUT2D eigenvalue weighted by atomic mass is 11.0. The summed E-state index contributed by atoms with van der Waals surface area (Å²) >= 11 is 0. The van der Waals surface area contributed by atoms with Gasteiger partial charge in [-0.3, -0.25) is 0 Å². The number of hydrogen-bond donors (Lipinski definition) is 2. The smallest absolute Gasteiger partial charge is 0.334 e. The average Bonchev–Trinajstić information content (AvgIpc) is 2.12. The van der Waals surface area contributed by atoms with Crippen LogP contribution in [0.4, 0.5) is 0 Å². The molecule has 0 radical (unpaired) electrons. The van der Waals surface area contributed by atoms with Gasteiger partial charge in [0.1, 0.15) is 0 Å². The third kappa shape index (κ3) is 2.03. The Balaban J connectivity index is 2.75. The van der Waals surface area contributed by atoms with Crippen LogP contribution in [0.3, 0.4) is 0 Å². The van der Waals surface area contributed by atoms with Gasteiger partial charge >= 0.3 is 16.3 Å². The molecule has 0 atom stereocenters. The van der Waals surface area contributed by atoms with E-state index in [1.165, 1.54) is 12.4 Å². The van der Waals surface area contributed by atoms with Crippen LogP contribution in [0.25, 0.3) is 0 Å². The van der Waals surface area contributed by atoms with E-state index >= 15 is 0 Å². The van der Waals surface area contributed by atoms with Gasteiger partial charge in [-0.2, -0.15) is 13.6 Å². The van der Waals surface area contributed by atoms with Gasteiger partial charge in [-0.05, 0) is 0 Å². The maximum absolute atomic E-state index is 10.2. The van der Waals surface area contributed by atoms with Gasteiger partial charge in [0.15, 0.2) is 0 Å². The van der Waals surface area contributed by atoms with E-state index in [1.807, 2.05) is 0 Å². The van der Waals surface area contributed by atoms with Crippen LogP contribution in [-0.4, -0.2) is 18.4 Å². The molecule has 10 heavy (non-hydrogen) atoms. The van der Waals surface area contributed by atoms with Crippen LogP contribution in [0, 0.1) is 0 Å². The molecule has 56 valence electrons. The Morgan fingerprint density at radius 1 is 1.70 bits per heavy atom. The molecule has 0 aliphatic rings. The molecular formula is C3H5N3O3S. The number of imidazole rings is 1. The summed E-state index contributed by atoms with van der Waals surface area (Å²) in [7, 11) is -3.94. The second kappa shape index (κ2) is 2.27. The molecule has 1 rings (SSSR count). The van der Waals surface area contributed by atoms with Crippen molar-refractivity contribution in [3.63, 3.8) is 0 Å². The summed E-state index contributed by atoms with van der Waals surface area (Å²) in [5.74, 6) is 0. The maximum atomic E-state index is 10.2. The van der Waals surface area contributed by atoms with Crippen LogP contribution in [0.15, 0.2) is 12.4 Å². The summed E-state index contributed by atoms with van der Waals surface area (Å²) in [6.45, 7) is 0. The van der Waals surface area contributed by atoms with Crippen LogP contribution in [0.5, 0.6) is 6.01 Å². The lowest BCUT2D eigenvalue weighted by molar-refractivity contribution is 0.469. The van der Waals surface area contributed by atoms with Crippen LogP contribution in [-0.2, 0) is 10.3 Å². The van der Waals surface area contributed by atoms with E-state index in [0.717, 1.165) is 0 Å². The monoisotopic (exact) mass is 163 g/mol. The van der Waals surface area contributed by atoms with Gasteiger partial charge in [0, 0.05) is 12.4 Å². The van der Waals surface area contributed by atoms with E-state index < -0.39 is 10.3 Å². The van der Waals surface area contributed by atoms with E-state index in [4.69, 9.17) is 0 Å². The molecule has 1 heterocycles. The van der Waals surface area contributed by atoms with E-state index in [9.17, 15) is 8.42 Å². The predicted molar refractivity (Wildman–Crippen MR) is 32.3 cm³/mol. The minimum Gasteiger partial charge on any atom is -0.334 e. The number of aromatic nitrogens is 2. The van der Waals surface area contributed by atoms with Gasteiger partial charge in [-0.15, -0.1) is 0 Å². The molecule has 0 saturated carbocycles. The zero-order valence-electron chi connectivity index (χ0n) is 4.81. The fourth-order valence-electron chi connectivity index (χ4n) is 0.406. The molecule has 0 fully saturated rings. The van der Waals surface area contributed by atoms with Crippen molar-refractivity contribution in [2.75, 3.05) is 0 Å². The lowest BCUT2D eigenvalue weighted by Gasteiger charge is -1.94. The molecule has 0 aliphatic heterocycles. The summed E-state index contributed by atoms with van der Waals surface area (Å²) in [4.78, 5) is 5.87. The fourth-order valence-corrected chi connectivity index (χ4v) is 0.718. The standard InChI is InChI=1S/C3H5N3O3S/c4-10(7,8)9-3-5-1-2-6-3/h1-2H,(H,5,6)(H2,4,7,8). The topological polar surface area (TPSA) is 98.1 Å². The number of H-pyrrole nitrogens is 1. The minimum absolute atomic E-state index is 0.137. The second-order valence-electron chi connectivity index (χ2n) is 1.47. The first-order chi connectivity index (χ1) is 4.58. The number of nitrogens with zero attached hydrogens (tertiary/aromatic N) is 1. The van der Waals surface area contributed by atoms with Crippen LogP contribution < -0.4 is 9.32 Å². The summed E-state index contributed by atoms with van der Waals surface area (Å²) in [6, 6.07) is -0.137. The number of nitrogens with one attached hydrogen (secondary N) is 1. The Kier molecular flexibility index (Phi) is 1.60. The molecule has 0 bridgehead atoms. The highest BCUT2D eigenvalue weighted by molar-refractivity contribution is 7.84. The van der Waals surface area contributed by atoms with E-state index in [-0.39, 0.29) is 6.01 Å². The molecule has 6 nitrogen and oxygen atoms in total. The van der Waals surface area contributed by atoms with E-state index in [1.54, 1.807) is 0 Å². The maximum Gasteiger partial charge on any atom is 0.382 e. The zero-order valence-corrected chi connectivity index (χ0v) is 5.63. The first-order valence-corrected chi connectivity index (χ1v) is 3.77. The molecule has 3 N–H and O–H groups in total. The second-order valence-corrected chi connectivity index (χ2v) is 2.62. The van der Waals surface area contributed by atoms with Crippen molar-refractivity contribution in [2.24, 2.45) is 5.14 Å². The van der Waals surface area contributed by atoms with Crippen molar-refractivity contribution >= 4 is 10.3 Å². The molecular weight excluding hydrogens is 158 g/mol. The Bertz CT molecular complexity index is 289. The Labute approximate surface area is 57.3 Å². The van der Waals surface area contributed by atoms with Crippen molar-refractivity contribution in [3.8, 4) is 6.01 Å². The summed E-state index contributed by atoms with van der Waals surface area (Å²) < 4.78 is 24.5. The molecule has 0 aromatic carbocycles. The number of aromatic amines is 1. The first kappa shape index (κ1) is 7.03. The lowest BCUT2D eigenvalue weighted by Crippen LogP contribution is -2.19. The zero-order chi connectivity index (χ0) is 7.61. The summed E-state index contributed by atoms with van der Waals surface area (Å²) in [5, 5.41) is 4.52. The number of rotatable bonds is 2. The van der Waals surface area contributed by atoms with Gasteiger partial charge in [0.25, 0.3) is 0 Å². The molecule has 0 spiro atoms. The molecule has 7 heteroatoms. The molecule has 0 aliphatic carbocycles. The van der Waals surface area contributed by atoms with Crippen molar-refractivity contribution in [1.82, 2.24) is 9.97 Å². The summed E-state index contributed by atoms with van der Waals surface area (Å²) in [5.41, 5.74) is 0. The molecule has 0 saturated heterocycles. The van der Waals surface area contributed by atoms with Crippen molar-refractivity contribution in [3.05, 3.63) is 12.4 Å². The normalized spacial score (nSPS) is 11.3. The van der Waals surface area contributed by atoms with Crippen LogP contribution in [0.2, 0.25) is 0 Å². The van der Waals surface area contributed by atoms with E-state index in [0.29, 0.717) is 0 Å². The van der Waals surface area contributed by atoms with Gasteiger partial charge in [-0.1, -0.05) is 0 Å². The third-order valence-electron chi connectivity index (χ3n) is 0.668. The average molecular weight is 163 g/mol. The highest BCUT2D eigenvalue weighted by Gasteiger charge is 2.04. The van der Waals surface area contributed by atoms with Crippen molar-refractivity contribution in [2.45, 2.75) is 0 Å². The third-order valence-corrected chi connectivity index (χ3v) is 1.06. The predicted octanol–water partition coefficient (Wildman–Crippen LogP) is -1.01. The molecule has 1 aromatic rings. The van der Waals surface area contributed by atoms with Gasteiger partial charge in [0.05, 0.1) is 0 Å². The molecule has 1 aromatic heterocycles. The SMILES string of the molecule is NS(=O)(=O)Oc1ncc[nH]1. The highest BCUT2D eigenvalue weighted by atomic mass is 32.2. The number of nitrogens with two attached hydrogens (primary N) is 1. The van der Waals surface area contributed by atoms with Gasteiger partial charge in [-0.25, -0.2) is 4.98 Å². The molecule has 0 amide bonds. The fraction of sp³-hybridized carbons (Fsp3) is 0. The first-order valence-electron chi connectivity index (χ1n) is 2.29. The Morgan fingerprint density at radius 3 is 2.80 bits per heavy atom. The molecule has 0 unspecified atom stereocenters. The Hall–Kier alpha value is -1.08. The quantitative estimate of drug-likeness (QED) is 0.583. The minimum atomic E-state index is -3.94. The van der Waals surface area contributed by atoms with Gasteiger partial charge < -0.3 is 9.17 Å². The number of hydrogen-bond acceptors (Lipinski definition) is 4. The largest absolute Gasteiger partial charge is 0.382 e. The van der Waals surface area contributed by atoms with E-state index in [2.05, 4.69) is 19.3 Å².